The van der Waals surface area contributed by atoms with Gasteiger partial charge in [0.1, 0.15) is 0 Å². The molecule has 0 spiro atoms. The van der Waals surface area contributed by atoms with Crippen LogP contribution in [0.3, 0.4) is 0 Å². The standard InChI is InChI=1S/C12H23NO/c1-6-7-8-9-13-11(2)10-12(3,4)14-5/h11,13H,8-10H2,1-5H3. The van der Waals surface area contributed by atoms with Crippen LogP contribution in [-0.2, 0) is 4.74 Å². The molecule has 0 fully saturated rings. The second kappa shape index (κ2) is 6.86. The summed E-state index contributed by atoms with van der Waals surface area (Å²) in [6.45, 7) is 9.23. The van der Waals surface area contributed by atoms with Crippen molar-refractivity contribution in [1.29, 1.82) is 0 Å². The Morgan fingerprint density at radius 2 is 2.07 bits per heavy atom. The summed E-state index contributed by atoms with van der Waals surface area (Å²) in [6, 6.07) is 0.476. The molecule has 2 nitrogen and oxygen atoms in total. The van der Waals surface area contributed by atoms with Crippen molar-refractivity contribution in [1.82, 2.24) is 5.32 Å². The minimum Gasteiger partial charge on any atom is -0.379 e. The Morgan fingerprint density at radius 1 is 1.43 bits per heavy atom. The van der Waals surface area contributed by atoms with Crippen LogP contribution in [0.1, 0.15) is 40.5 Å². The minimum atomic E-state index is -0.0388. The first-order valence-electron chi connectivity index (χ1n) is 5.20. The van der Waals surface area contributed by atoms with Crippen molar-refractivity contribution >= 4 is 0 Å². The van der Waals surface area contributed by atoms with E-state index in [4.69, 9.17) is 4.74 Å². The highest BCUT2D eigenvalue weighted by molar-refractivity contribution is 4.95. The average molecular weight is 197 g/mol. The van der Waals surface area contributed by atoms with Crippen LogP contribution >= 0.6 is 0 Å². The summed E-state index contributed by atoms with van der Waals surface area (Å²) in [5.41, 5.74) is -0.0388. The van der Waals surface area contributed by atoms with Gasteiger partial charge in [-0.2, -0.15) is 0 Å². The van der Waals surface area contributed by atoms with Crippen LogP contribution < -0.4 is 5.32 Å². The van der Waals surface area contributed by atoms with E-state index in [0.717, 1.165) is 19.4 Å². The Hall–Kier alpha value is -0.520. The monoisotopic (exact) mass is 197 g/mol. The molecule has 0 bridgehead atoms. The molecule has 0 aliphatic carbocycles. The smallest absolute Gasteiger partial charge is 0.0637 e. The quantitative estimate of drug-likeness (QED) is 0.520. The molecule has 0 aliphatic heterocycles. The van der Waals surface area contributed by atoms with Crippen LogP contribution in [0.15, 0.2) is 0 Å². The lowest BCUT2D eigenvalue weighted by atomic mass is 10.00. The first-order valence-corrected chi connectivity index (χ1v) is 5.20. The largest absolute Gasteiger partial charge is 0.379 e. The van der Waals surface area contributed by atoms with Crippen molar-refractivity contribution in [3.05, 3.63) is 0 Å². The van der Waals surface area contributed by atoms with Crippen LogP contribution in [0.4, 0.5) is 0 Å². The summed E-state index contributed by atoms with van der Waals surface area (Å²) in [5.74, 6) is 5.92. The van der Waals surface area contributed by atoms with Crippen LogP contribution in [0, 0.1) is 11.8 Å². The summed E-state index contributed by atoms with van der Waals surface area (Å²) in [7, 11) is 1.76. The zero-order valence-electron chi connectivity index (χ0n) is 10.1. The van der Waals surface area contributed by atoms with Gasteiger partial charge in [0, 0.05) is 26.1 Å². The molecule has 0 saturated heterocycles. The van der Waals surface area contributed by atoms with Gasteiger partial charge in [0.2, 0.25) is 0 Å². The van der Waals surface area contributed by atoms with Gasteiger partial charge in [0.05, 0.1) is 5.60 Å². The summed E-state index contributed by atoms with van der Waals surface area (Å²) in [4.78, 5) is 0. The molecule has 0 aromatic carbocycles. The first-order chi connectivity index (χ1) is 6.52. The Bertz CT molecular complexity index is 200. The molecule has 0 heterocycles. The molecule has 0 radical (unpaired) electrons. The van der Waals surface area contributed by atoms with Gasteiger partial charge in [-0.15, -0.1) is 11.8 Å². The molecule has 1 atom stereocenters. The zero-order chi connectivity index (χ0) is 11.0. The molecular formula is C12H23NO. The van der Waals surface area contributed by atoms with E-state index >= 15 is 0 Å². The van der Waals surface area contributed by atoms with Gasteiger partial charge in [0.25, 0.3) is 0 Å². The Balaban J connectivity index is 3.63. The van der Waals surface area contributed by atoms with Gasteiger partial charge in [-0.3, -0.25) is 0 Å². The van der Waals surface area contributed by atoms with E-state index in [0.29, 0.717) is 6.04 Å². The van der Waals surface area contributed by atoms with Gasteiger partial charge in [-0.25, -0.2) is 0 Å². The van der Waals surface area contributed by atoms with E-state index < -0.39 is 0 Å². The predicted molar refractivity (Wildman–Crippen MR) is 61.2 cm³/mol. The number of methoxy groups -OCH3 is 1. The van der Waals surface area contributed by atoms with Crippen molar-refractivity contribution < 1.29 is 4.74 Å². The molecule has 0 rings (SSSR count). The van der Waals surface area contributed by atoms with E-state index in [2.05, 4.69) is 37.9 Å². The van der Waals surface area contributed by atoms with E-state index in [1.54, 1.807) is 7.11 Å². The molecule has 14 heavy (non-hydrogen) atoms. The second-order valence-electron chi connectivity index (χ2n) is 4.20. The second-order valence-corrected chi connectivity index (χ2v) is 4.20. The highest BCUT2D eigenvalue weighted by Gasteiger charge is 2.19. The fourth-order valence-corrected chi connectivity index (χ4v) is 1.40. The number of rotatable bonds is 6. The third-order valence-electron chi connectivity index (χ3n) is 2.27. The summed E-state index contributed by atoms with van der Waals surface area (Å²) >= 11 is 0. The molecule has 0 aliphatic rings. The average Bonchev–Trinajstić information content (AvgIpc) is 2.12. The zero-order valence-corrected chi connectivity index (χ0v) is 10.1. The van der Waals surface area contributed by atoms with Gasteiger partial charge in [-0.1, -0.05) is 0 Å². The fraction of sp³-hybridized carbons (Fsp3) is 0.833. The van der Waals surface area contributed by atoms with Crippen LogP contribution in [0.5, 0.6) is 0 Å². The van der Waals surface area contributed by atoms with Crippen molar-refractivity contribution in [2.75, 3.05) is 13.7 Å². The van der Waals surface area contributed by atoms with Crippen molar-refractivity contribution in [2.24, 2.45) is 0 Å². The lowest BCUT2D eigenvalue weighted by Gasteiger charge is -2.27. The normalized spacial score (nSPS) is 13.2. The van der Waals surface area contributed by atoms with Gasteiger partial charge in [0.15, 0.2) is 0 Å². The summed E-state index contributed by atoms with van der Waals surface area (Å²) in [6.07, 6.45) is 1.94. The molecular weight excluding hydrogens is 174 g/mol. The maximum atomic E-state index is 5.37. The number of hydrogen-bond acceptors (Lipinski definition) is 2. The topological polar surface area (TPSA) is 21.3 Å². The number of hydrogen-bond donors (Lipinski definition) is 1. The molecule has 1 N–H and O–H groups in total. The summed E-state index contributed by atoms with van der Waals surface area (Å²) in [5, 5.41) is 3.43. The SMILES string of the molecule is CC#CCCNC(C)CC(C)(C)OC. The number of ether oxygens (including phenoxy) is 1. The Labute approximate surface area is 88.4 Å². The minimum absolute atomic E-state index is 0.0388. The highest BCUT2D eigenvalue weighted by Crippen LogP contribution is 2.14. The molecule has 2 heteroatoms. The Morgan fingerprint density at radius 3 is 2.57 bits per heavy atom. The lowest BCUT2D eigenvalue weighted by Crippen LogP contribution is -2.36. The maximum Gasteiger partial charge on any atom is 0.0637 e. The fourth-order valence-electron chi connectivity index (χ4n) is 1.40. The van der Waals surface area contributed by atoms with Crippen LogP contribution in [0.2, 0.25) is 0 Å². The third-order valence-corrected chi connectivity index (χ3v) is 2.27. The molecule has 82 valence electrons. The van der Waals surface area contributed by atoms with Crippen LogP contribution in [-0.4, -0.2) is 25.3 Å². The van der Waals surface area contributed by atoms with Gasteiger partial charge >= 0.3 is 0 Å². The van der Waals surface area contributed by atoms with Crippen molar-refractivity contribution in [3.63, 3.8) is 0 Å². The molecule has 0 saturated carbocycles. The predicted octanol–water partition coefficient (Wildman–Crippen LogP) is 2.19. The third kappa shape index (κ3) is 6.94. The Kier molecular flexibility index (Phi) is 6.61. The molecule has 0 aromatic heterocycles. The lowest BCUT2D eigenvalue weighted by molar-refractivity contribution is 0.00867. The van der Waals surface area contributed by atoms with Gasteiger partial charge in [-0.05, 0) is 34.1 Å². The van der Waals surface area contributed by atoms with E-state index in [-0.39, 0.29) is 5.60 Å². The maximum absolute atomic E-state index is 5.37. The molecule has 1 unspecified atom stereocenters. The first kappa shape index (κ1) is 13.5. The molecule has 0 amide bonds. The van der Waals surface area contributed by atoms with E-state index in [1.165, 1.54) is 0 Å². The van der Waals surface area contributed by atoms with Crippen molar-refractivity contribution in [2.45, 2.75) is 52.2 Å². The number of nitrogens with one attached hydrogen (secondary N) is 1. The van der Waals surface area contributed by atoms with Crippen molar-refractivity contribution in [3.8, 4) is 11.8 Å². The van der Waals surface area contributed by atoms with E-state index in [1.807, 2.05) is 6.92 Å². The summed E-state index contributed by atoms with van der Waals surface area (Å²) < 4.78 is 5.37. The highest BCUT2D eigenvalue weighted by atomic mass is 16.5. The van der Waals surface area contributed by atoms with Crippen LogP contribution in [0.25, 0.3) is 0 Å². The van der Waals surface area contributed by atoms with E-state index in [9.17, 15) is 0 Å². The van der Waals surface area contributed by atoms with Gasteiger partial charge < -0.3 is 10.1 Å². The molecule has 0 aromatic rings.